The van der Waals surface area contributed by atoms with Crippen molar-refractivity contribution in [2.75, 3.05) is 11.9 Å². The Hall–Kier alpha value is -2.66. The van der Waals surface area contributed by atoms with Crippen molar-refractivity contribution in [2.45, 2.75) is 32.6 Å². The van der Waals surface area contributed by atoms with Gasteiger partial charge in [-0.2, -0.15) is 0 Å². The van der Waals surface area contributed by atoms with Gasteiger partial charge in [-0.1, -0.05) is 45.0 Å². The fraction of sp³-hybridized carbons (Fsp3) is 0.300. The lowest BCUT2D eigenvalue weighted by Gasteiger charge is -2.18. The van der Waals surface area contributed by atoms with E-state index in [0.29, 0.717) is 13.0 Å². The molecule has 0 aliphatic carbocycles. The van der Waals surface area contributed by atoms with Gasteiger partial charge in [-0.25, -0.2) is 4.98 Å². The highest BCUT2D eigenvalue weighted by Crippen LogP contribution is 2.26. The van der Waals surface area contributed by atoms with Crippen LogP contribution in [0.4, 0.5) is 5.69 Å². The molecule has 0 bridgehead atoms. The van der Waals surface area contributed by atoms with Gasteiger partial charge >= 0.3 is 0 Å². The summed E-state index contributed by atoms with van der Waals surface area (Å²) in [6.45, 7) is 6.95. The van der Waals surface area contributed by atoms with Crippen molar-refractivity contribution in [1.82, 2.24) is 9.38 Å². The third-order valence-electron chi connectivity index (χ3n) is 4.15. The van der Waals surface area contributed by atoms with E-state index in [1.165, 1.54) is 5.56 Å². The van der Waals surface area contributed by atoms with E-state index in [-0.39, 0.29) is 11.3 Å². The minimum absolute atomic E-state index is 0.0834. The van der Waals surface area contributed by atoms with Gasteiger partial charge < -0.3 is 15.5 Å². The van der Waals surface area contributed by atoms with Gasteiger partial charge in [0.25, 0.3) is 0 Å². The zero-order valence-electron chi connectivity index (χ0n) is 14.9. The Kier molecular flexibility index (Phi) is 4.59. The smallest absolute Gasteiger partial charge is 0.225 e. The highest BCUT2D eigenvalue weighted by atomic mass is 16.1. The molecule has 0 spiro atoms. The predicted molar refractivity (Wildman–Crippen MR) is 102 cm³/mol. The Balaban J connectivity index is 1.87. The van der Waals surface area contributed by atoms with Gasteiger partial charge in [-0.3, -0.25) is 4.79 Å². The molecule has 0 unspecified atom stereocenters. The van der Waals surface area contributed by atoms with Crippen molar-refractivity contribution in [2.24, 2.45) is 5.73 Å². The van der Waals surface area contributed by atoms with E-state index >= 15 is 0 Å². The van der Waals surface area contributed by atoms with Crippen molar-refractivity contribution in [3.63, 3.8) is 0 Å². The summed E-state index contributed by atoms with van der Waals surface area (Å²) in [6, 6.07) is 12.3. The van der Waals surface area contributed by atoms with Crippen molar-refractivity contribution in [3.05, 3.63) is 54.4 Å². The molecule has 2 heterocycles. The minimum atomic E-state index is -0.0834. The lowest BCUT2D eigenvalue weighted by molar-refractivity contribution is -0.116. The summed E-state index contributed by atoms with van der Waals surface area (Å²) < 4.78 is 1.92. The van der Waals surface area contributed by atoms with Gasteiger partial charge in [0.1, 0.15) is 5.65 Å². The molecule has 0 atom stereocenters. The standard InChI is InChI=1S/C20H24N4O/c1-20(2,3)15-6-4-14(5-7-15)17-13-24-12-16(8-9-18(24)23-17)22-19(25)10-11-21/h4-9,12-13H,10-11,21H2,1-3H3,(H,22,25). The van der Waals surface area contributed by atoms with Gasteiger partial charge in [-0.05, 0) is 23.1 Å². The maximum Gasteiger partial charge on any atom is 0.225 e. The number of nitrogens with zero attached hydrogens (tertiary/aromatic N) is 2. The number of anilines is 1. The molecule has 0 radical (unpaired) electrons. The predicted octanol–water partition coefficient (Wildman–Crippen LogP) is 3.59. The number of aromatic nitrogens is 2. The van der Waals surface area contributed by atoms with Gasteiger partial charge in [-0.15, -0.1) is 0 Å². The topological polar surface area (TPSA) is 72.4 Å². The molecule has 25 heavy (non-hydrogen) atoms. The van der Waals surface area contributed by atoms with Crippen LogP contribution in [-0.2, 0) is 10.2 Å². The van der Waals surface area contributed by atoms with E-state index < -0.39 is 0 Å². The van der Waals surface area contributed by atoms with Crippen LogP contribution in [0.5, 0.6) is 0 Å². The number of amides is 1. The highest BCUT2D eigenvalue weighted by Gasteiger charge is 2.13. The maximum atomic E-state index is 11.7. The van der Waals surface area contributed by atoms with E-state index in [9.17, 15) is 4.79 Å². The molecule has 2 aromatic heterocycles. The molecule has 0 saturated heterocycles. The van der Waals surface area contributed by atoms with E-state index in [2.05, 4.69) is 55.3 Å². The number of imidazole rings is 1. The molecule has 1 amide bonds. The highest BCUT2D eigenvalue weighted by molar-refractivity contribution is 5.90. The molecule has 3 rings (SSSR count). The van der Waals surface area contributed by atoms with Crippen LogP contribution in [0.2, 0.25) is 0 Å². The molecule has 3 N–H and O–H groups in total. The summed E-state index contributed by atoms with van der Waals surface area (Å²) >= 11 is 0. The summed E-state index contributed by atoms with van der Waals surface area (Å²) in [5, 5.41) is 2.84. The summed E-state index contributed by atoms with van der Waals surface area (Å²) in [5.41, 5.74) is 10.4. The second kappa shape index (κ2) is 6.69. The average molecular weight is 336 g/mol. The Bertz CT molecular complexity index is 888. The number of nitrogens with one attached hydrogen (secondary N) is 1. The van der Waals surface area contributed by atoms with Gasteiger partial charge in [0, 0.05) is 30.9 Å². The van der Waals surface area contributed by atoms with Crippen molar-refractivity contribution < 1.29 is 4.79 Å². The van der Waals surface area contributed by atoms with Crippen LogP contribution >= 0.6 is 0 Å². The zero-order chi connectivity index (χ0) is 18.0. The number of hydrogen-bond acceptors (Lipinski definition) is 3. The summed E-state index contributed by atoms with van der Waals surface area (Å²) in [6.07, 6.45) is 4.15. The second-order valence-electron chi connectivity index (χ2n) is 7.22. The second-order valence-corrected chi connectivity index (χ2v) is 7.22. The normalized spacial score (nSPS) is 11.7. The Morgan fingerprint density at radius 1 is 1.12 bits per heavy atom. The first-order valence-electron chi connectivity index (χ1n) is 8.46. The van der Waals surface area contributed by atoms with Crippen LogP contribution in [0.1, 0.15) is 32.8 Å². The number of carbonyl (C=O) groups is 1. The third-order valence-corrected chi connectivity index (χ3v) is 4.15. The number of benzene rings is 1. The number of nitrogens with two attached hydrogens (primary N) is 1. The van der Waals surface area contributed by atoms with E-state index in [0.717, 1.165) is 22.6 Å². The first kappa shape index (κ1) is 17.2. The molecule has 0 saturated carbocycles. The molecule has 3 aromatic rings. The Morgan fingerprint density at radius 3 is 2.48 bits per heavy atom. The first-order valence-corrected chi connectivity index (χ1v) is 8.46. The summed E-state index contributed by atoms with van der Waals surface area (Å²) in [4.78, 5) is 16.3. The first-order chi connectivity index (χ1) is 11.9. The molecule has 130 valence electrons. The number of fused-ring (bicyclic) bond motifs is 1. The van der Waals surface area contributed by atoms with Crippen molar-refractivity contribution in [3.8, 4) is 11.3 Å². The Labute approximate surface area is 147 Å². The fourth-order valence-corrected chi connectivity index (χ4v) is 2.70. The number of pyridine rings is 1. The quantitative estimate of drug-likeness (QED) is 0.765. The van der Waals surface area contributed by atoms with Crippen LogP contribution in [0.15, 0.2) is 48.8 Å². The van der Waals surface area contributed by atoms with Crippen LogP contribution in [0, 0.1) is 0 Å². The number of hydrogen-bond donors (Lipinski definition) is 2. The molecule has 1 aromatic carbocycles. The third kappa shape index (κ3) is 3.88. The minimum Gasteiger partial charge on any atom is -0.330 e. The molecule has 5 nitrogen and oxygen atoms in total. The summed E-state index contributed by atoms with van der Waals surface area (Å²) in [5.74, 6) is -0.0834. The molecular formula is C20H24N4O. The number of rotatable bonds is 4. The SMILES string of the molecule is CC(C)(C)c1ccc(-c2cn3cc(NC(=O)CCN)ccc3n2)cc1. The summed E-state index contributed by atoms with van der Waals surface area (Å²) in [7, 11) is 0. The molecular weight excluding hydrogens is 312 g/mol. The van der Waals surface area contributed by atoms with E-state index in [1.807, 2.05) is 28.9 Å². The van der Waals surface area contributed by atoms with Crippen LogP contribution < -0.4 is 11.1 Å². The monoisotopic (exact) mass is 336 g/mol. The van der Waals surface area contributed by atoms with Crippen molar-refractivity contribution in [1.29, 1.82) is 0 Å². The van der Waals surface area contributed by atoms with E-state index in [4.69, 9.17) is 5.73 Å². The molecule has 0 fully saturated rings. The Morgan fingerprint density at radius 2 is 1.84 bits per heavy atom. The van der Waals surface area contributed by atoms with Crippen LogP contribution in [0.25, 0.3) is 16.9 Å². The van der Waals surface area contributed by atoms with Gasteiger partial charge in [0.15, 0.2) is 0 Å². The lowest BCUT2D eigenvalue weighted by Crippen LogP contribution is -2.16. The van der Waals surface area contributed by atoms with Gasteiger partial charge in [0.2, 0.25) is 5.91 Å². The lowest BCUT2D eigenvalue weighted by atomic mass is 9.86. The molecule has 5 heteroatoms. The van der Waals surface area contributed by atoms with Crippen LogP contribution in [0.3, 0.4) is 0 Å². The largest absolute Gasteiger partial charge is 0.330 e. The number of carbonyl (C=O) groups excluding carboxylic acids is 1. The molecule has 0 aliphatic rings. The van der Waals surface area contributed by atoms with Crippen LogP contribution in [-0.4, -0.2) is 21.8 Å². The average Bonchev–Trinajstić information content (AvgIpc) is 2.97. The maximum absolute atomic E-state index is 11.7. The zero-order valence-corrected chi connectivity index (χ0v) is 14.9. The fourth-order valence-electron chi connectivity index (χ4n) is 2.70. The molecule has 0 aliphatic heterocycles. The van der Waals surface area contributed by atoms with Gasteiger partial charge in [0.05, 0.1) is 11.4 Å². The van der Waals surface area contributed by atoms with Crippen molar-refractivity contribution >= 4 is 17.2 Å². The van der Waals surface area contributed by atoms with E-state index in [1.54, 1.807) is 0 Å².